The number of nitrogens with one attached hydrogen (secondary N) is 1. The molecule has 220 valence electrons. The molecule has 42 heavy (non-hydrogen) atoms. The largest absolute Gasteiger partial charge is 0.437 e. The van der Waals surface area contributed by atoms with Crippen LogP contribution in [0.3, 0.4) is 0 Å². The molecular weight excluding hydrogens is 547 g/mol. The molecule has 0 bridgehead atoms. The van der Waals surface area contributed by atoms with E-state index in [1.807, 2.05) is 91.0 Å². The molecule has 1 aliphatic rings. The molecule has 0 radical (unpaired) electrons. The Morgan fingerprint density at radius 1 is 0.714 bits per heavy atom. The van der Waals surface area contributed by atoms with Gasteiger partial charge in [-0.25, -0.2) is 9.97 Å². The van der Waals surface area contributed by atoms with Crippen LogP contribution in [0.1, 0.15) is 22.4 Å². The predicted molar refractivity (Wildman–Crippen MR) is 150 cm³/mol. The number of aromatic nitrogens is 2. The van der Waals surface area contributed by atoms with Crippen LogP contribution >= 0.6 is 0 Å². The van der Waals surface area contributed by atoms with E-state index in [-0.39, 0.29) is 26.4 Å². The molecule has 0 amide bonds. The average molecular weight is 580 g/mol. The SMILES string of the molecule is FC(F)(F)c1nccnc1N[C@H]1CO[C@H](COCc2ccccc2)[C@H](OCc2ccccc2)[C@@H]1OCc1ccccc1. The first-order chi connectivity index (χ1) is 20.5. The van der Waals surface area contributed by atoms with Gasteiger partial charge in [0.2, 0.25) is 0 Å². The van der Waals surface area contributed by atoms with E-state index in [1.54, 1.807) is 0 Å². The molecule has 1 fully saturated rings. The standard InChI is InChI=1S/C32H32F3N3O4/c33-32(34,35)30-31(37-17-16-36-30)38-26-21-40-27(22-39-18-23-10-4-1-5-11-23)29(42-20-25-14-8-3-9-15-25)28(26)41-19-24-12-6-2-7-13-24/h1-17,26-29H,18-22H2,(H,37,38)/t26-,27+,28+,29-/m0/s1. The van der Waals surface area contributed by atoms with Crippen molar-refractivity contribution in [2.45, 2.75) is 50.4 Å². The molecule has 7 nitrogen and oxygen atoms in total. The van der Waals surface area contributed by atoms with Gasteiger partial charge in [0.25, 0.3) is 0 Å². The number of hydrogen-bond acceptors (Lipinski definition) is 7. The van der Waals surface area contributed by atoms with Crippen LogP contribution in [0.25, 0.3) is 0 Å². The van der Waals surface area contributed by atoms with E-state index in [2.05, 4.69) is 15.3 Å². The van der Waals surface area contributed by atoms with Gasteiger partial charge in [0, 0.05) is 12.4 Å². The van der Waals surface area contributed by atoms with Gasteiger partial charge in [0.05, 0.1) is 39.1 Å². The highest BCUT2D eigenvalue weighted by atomic mass is 19.4. The third-order valence-electron chi connectivity index (χ3n) is 6.83. The minimum absolute atomic E-state index is 0.0396. The Morgan fingerprint density at radius 2 is 1.24 bits per heavy atom. The molecule has 1 saturated heterocycles. The third-order valence-corrected chi connectivity index (χ3v) is 6.83. The summed E-state index contributed by atoms with van der Waals surface area (Å²) in [5, 5.41) is 2.91. The molecule has 0 aliphatic carbocycles. The zero-order valence-electron chi connectivity index (χ0n) is 22.8. The number of nitrogens with zero attached hydrogens (tertiary/aromatic N) is 2. The van der Waals surface area contributed by atoms with E-state index in [1.165, 1.54) is 6.20 Å². The van der Waals surface area contributed by atoms with E-state index in [9.17, 15) is 13.2 Å². The van der Waals surface area contributed by atoms with Crippen LogP contribution in [0.5, 0.6) is 0 Å². The summed E-state index contributed by atoms with van der Waals surface area (Å²) in [6.07, 6.45) is -4.40. The van der Waals surface area contributed by atoms with Gasteiger partial charge in [-0.15, -0.1) is 0 Å². The van der Waals surface area contributed by atoms with E-state index in [0.29, 0.717) is 6.61 Å². The second kappa shape index (κ2) is 14.4. The normalized spacial score (nSPS) is 20.7. The Bertz CT molecular complexity index is 1360. The van der Waals surface area contributed by atoms with Gasteiger partial charge in [-0.1, -0.05) is 91.0 Å². The molecule has 1 aliphatic heterocycles. The minimum atomic E-state index is -4.69. The van der Waals surface area contributed by atoms with E-state index in [4.69, 9.17) is 18.9 Å². The van der Waals surface area contributed by atoms with Crippen molar-refractivity contribution in [3.05, 3.63) is 126 Å². The zero-order valence-corrected chi connectivity index (χ0v) is 22.8. The van der Waals surface area contributed by atoms with Crippen molar-refractivity contribution in [1.29, 1.82) is 0 Å². The van der Waals surface area contributed by atoms with Crippen molar-refractivity contribution in [1.82, 2.24) is 9.97 Å². The summed E-state index contributed by atoms with van der Waals surface area (Å²) in [4.78, 5) is 7.47. The second-order valence-corrected chi connectivity index (χ2v) is 9.90. The number of ether oxygens (including phenoxy) is 4. The lowest BCUT2D eigenvalue weighted by atomic mass is 9.97. The molecule has 0 unspecified atom stereocenters. The topological polar surface area (TPSA) is 74.7 Å². The first-order valence-electron chi connectivity index (χ1n) is 13.7. The maximum absolute atomic E-state index is 13.7. The molecule has 2 heterocycles. The zero-order chi connectivity index (χ0) is 29.2. The number of rotatable bonds is 12. The maximum atomic E-state index is 13.7. The smallest absolute Gasteiger partial charge is 0.374 e. The van der Waals surface area contributed by atoms with Crippen molar-refractivity contribution < 1.29 is 32.1 Å². The molecule has 3 aromatic carbocycles. The Kier molecular flexibility index (Phi) is 10.1. The van der Waals surface area contributed by atoms with Crippen molar-refractivity contribution in [2.24, 2.45) is 0 Å². The lowest BCUT2D eigenvalue weighted by Crippen LogP contribution is -2.59. The first-order valence-corrected chi connectivity index (χ1v) is 13.7. The molecule has 0 saturated carbocycles. The fraction of sp³-hybridized carbons (Fsp3) is 0.312. The number of alkyl halides is 3. The minimum Gasteiger partial charge on any atom is -0.374 e. The monoisotopic (exact) mass is 579 g/mol. The summed E-state index contributed by atoms with van der Waals surface area (Å²) in [6.45, 7) is 1.08. The second-order valence-electron chi connectivity index (χ2n) is 9.90. The van der Waals surface area contributed by atoms with Crippen LogP contribution in [-0.2, 0) is 44.9 Å². The van der Waals surface area contributed by atoms with Gasteiger partial charge < -0.3 is 24.3 Å². The molecule has 1 aromatic heterocycles. The van der Waals surface area contributed by atoms with Gasteiger partial charge in [0.15, 0.2) is 11.5 Å². The Hall–Kier alpha value is -3.83. The summed E-state index contributed by atoms with van der Waals surface area (Å²) in [7, 11) is 0. The van der Waals surface area contributed by atoms with Crippen molar-refractivity contribution in [2.75, 3.05) is 18.5 Å². The first kappa shape index (κ1) is 29.7. The Morgan fingerprint density at radius 3 is 1.81 bits per heavy atom. The summed E-state index contributed by atoms with van der Waals surface area (Å²) in [5.74, 6) is -0.396. The Balaban J connectivity index is 1.40. The maximum Gasteiger partial charge on any atom is 0.437 e. The fourth-order valence-corrected chi connectivity index (χ4v) is 4.76. The lowest BCUT2D eigenvalue weighted by molar-refractivity contribution is -0.201. The number of benzene rings is 3. The third kappa shape index (κ3) is 8.13. The molecule has 4 atom stereocenters. The van der Waals surface area contributed by atoms with E-state index < -0.39 is 42.0 Å². The van der Waals surface area contributed by atoms with Crippen LogP contribution < -0.4 is 5.32 Å². The number of hydrogen-bond donors (Lipinski definition) is 1. The van der Waals surface area contributed by atoms with Crippen LogP contribution in [0.4, 0.5) is 19.0 Å². The molecule has 10 heteroatoms. The van der Waals surface area contributed by atoms with Crippen LogP contribution in [0.15, 0.2) is 103 Å². The van der Waals surface area contributed by atoms with E-state index in [0.717, 1.165) is 22.9 Å². The highest BCUT2D eigenvalue weighted by Crippen LogP contribution is 2.33. The van der Waals surface area contributed by atoms with E-state index >= 15 is 0 Å². The van der Waals surface area contributed by atoms with Gasteiger partial charge in [-0.05, 0) is 16.7 Å². The quantitative estimate of drug-likeness (QED) is 0.219. The average Bonchev–Trinajstić information content (AvgIpc) is 3.01. The molecule has 1 N–H and O–H groups in total. The molecular formula is C32H32F3N3O4. The fourth-order valence-electron chi connectivity index (χ4n) is 4.76. The van der Waals surface area contributed by atoms with Gasteiger partial charge in [0.1, 0.15) is 18.3 Å². The summed E-state index contributed by atoms with van der Waals surface area (Å²) < 4.78 is 66.3. The number of anilines is 1. The van der Waals surface area contributed by atoms with Crippen LogP contribution in [-0.4, -0.2) is 47.5 Å². The van der Waals surface area contributed by atoms with Gasteiger partial charge in [-0.2, -0.15) is 13.2 Å². The summed E-state index contributed by atoms with van der Waals surface area (Å²) in [5.41, 5.74) is 1.75. The van der Waals surface area contributed by atoms with Crippen LogP contribution in [0.2, 0.25) is 0 Å². The van der Waals surface area contributed by atoms with Gasteiger partial charge in [-0.3, -0.25) is 0 Å². The molecule has 5 rings (SSSR count). The summed E-state index contributed by atoms with van der Waals surface area (Å²) in [6, 6.07) is 28.2. The van der Waals surface area contributed by atoms with Crippen LogP contribution in [0, 0.1) is 0 Å². The predicted octanol–water partition coefficient (Wildman–Crippen LogP) is 6.06. The van der Waals surface area contributed by atoms with Crippen molar-refractivity contribution in [3.63, 3.8) is 0 Å². The molecule has 4 aromatic rings. The van der Waals surface area contributed by atoms with Crippen molar-refractivity contribution in [3.8, 4) is 0 Å². The summed E-state index contributed by atoms with van der Waals surface area (Å²) >= 11 is 0. The highest BCUT2D eigenvalue weighted by Gasteiger charge is 2.44. The van der Waals surface area contributed by atoms with Gasteiger partial charge >= 0.3 is 6.18 Å². The number of halogens is 3. The molecule has 0 spiro atoms. The van der Waals surface area contributed by atoms with Crippen molar-refractivity contribution >= 4 is 5.82 Å². The highest BCUT2D eigenvalue weighted by molar-refractivity contribution is 5.42. The lowest BCUT2D eigenvalue weighted by Gasteiger charge is -2.42. The Labute approximate surface area is 242 Å².